The molecule has 112 valence electrons. The molecule has 0 radical (unpaired) electrons. The summed E-state index contributed by atoms with van der Waals surface area (Å²) < 4.78 is 11.1. The first kappa shape index (κ1) is 14.0. The van der Waals surface area contributed by atoms with Crippen molar-refractivity contribution in [1.29, 1.82) is 0 Å². The highest BCUT2D eigenvalue weighted by molar-refractivity contribution is 5.51. The Balaban J connectivity index is 1.63. The van der Waals surface area contributed by atoms with Gasteiger partial charge in [0.05, 0.1) is 20.3 Å². The number of methoxy groups -OCH3 is 1. The number of anilines is 1. The predicted molar refractivity (Wildman–Crippen MR) is 81.5 cm³/mol. The molecule has 2 aromatic rings. The van der Waals surface area contributed by atoms with Crippen LogP contribution in [-0.4, -0.2) is 12.2 Å². The minimum atomic E-state index is -0.0385. The molecule has 1 saturated carbocycles. The second kappa shape index (κ2) is 5.82. The molecule has 1 aromatic heterocycles. The van der Waals surface area contributed by atoms with Crippen LogP contribution >= 0.6 is 0 Å². The molecule has 4 nitrogen and oxygen atoms in total. The first-order valence-corrected chi connectivity index (χ1v) is 7.31. The Hall–Kier alpha value is -1.94. The van der Waals surface area contributed by atoms with Crippen molar-refractivity contribution in [1.82, 2.24) is 0 Å². The standard InChI is InChI=1S/C17H21NO3/c1-11-7-15(11)17-6-4-14(21-17)9-18-13-3-5-16(20-2)12(8-13)10-19/h3-6,8,11,15,18-19H,7,9-10H2,1-2H3. The van der Waals surface area contributed by atoms with Crippen molar-refractivity contribution in [2.75, 3.05) is 12.4 Å². The molecule has 1 aromatic carbocycles. The van der Waals surface area contributed by atoms with Gasteiger partial charge in [0.25, 0.3) is 0 Å². The van der Waals surface area contributed by atoms with Crippen LogP contribution in [0, 0.1) is 5.92 Å². The highest BCUT2D eigenvalue weighted by Crippen LogP contribution is 2.47. The van der Waals surface area contributed by atoms with Crippen LogP contribution in [0.4, 0.5) is 5.69 Å². The van der Waals surface area contributed by atoms with Gasteiger partial charge in [0.1, 0.15) is 17.3 Å². The molecule has 0 amide bonds. The van der Waals surface area contributed by atoms with E-state index in [1.54, 1.807) is 7.11 Å². The Morgan fingerprint density at radius 3 is 2.81 bits per heavy atom. The first-order chi connectivity index (χ1) is 10.2. The van der Waals surface area contributed by atoms with Crippen LogP contribution in [0.2, 0.25) is 0 Å². The van der Waals surface area contributed by atoms with Gasteiger partial charge in [-0.25, -0.2) is 0 Å². The minimum absolute atomic E-state index is 0.0385. The summed E-state index contributed by atoms with van der Waals surface area (Å²) >= 11 is 0. The molecule has 2 N–H and O–H groups in total. The zero-order valence-electron chi connectivity index (χ0n) is 12.4. The Kier molecular flexibility index (Phi) is 3.88. The van der Waals surface area contributed by atoms with E-state index in [0.29, 0.717) is 18.2 Å². The van der Waals surface area contributed by atoms with E-state index < -0.39 is 0 Å². The summed E-state index contributed by atoms with van der Waals surface area (Å²) in [6.45, 7) is 2.85. The van der Waals surface area contributed by atoms with Gasteiger partial charge in [-0.2, -0.15) is 0 Å². The molecular formula is C17H21NO3. The third kappa shape index (κ3) is 3.05. The van der Waals surface area contributed by atoms with Crippen molar-refractivity contribution in [3.05, 3.63) is 47.4 Å². The maximum absolute atomic E-state index is 9.33. The number of aliphatic hydroxyl groups is 1. The molecule has 1 heterocycles. The fourth-order valence-electron chi connectivity index (χ4n) is 2.61. The lowest BCUT2D eigenvalue weighted by Crippen LogP contribution is -2.00. The molecule has 0 saturated heterocycles. The normalized spacial score (nSPS) is 20.3. The summed E-state index contributed by atoms with van der Waals surface area (Å²) in [5, 5.41) is 12.6. The SMILES string of the molecule is COc1ccc(NCc2ccc(C3CC3C)o2)cc1CO. The molecule has 21 heavy (non-hydrogen) atoms. The Labute approximate surface area is 124 Å². The first-order valence-electron chi connectivity index (χ1n) is 7.31. The molecule has 2 atom stereocenters. The number of hydrogen-bond donors (Lipinski definition) is 2. The molecule has 1 fully saturated rings. The van der Waals surface area contributed by atoms with E-state index in [-0.39, 0.29) is 6.61 Å². The molecule has 0 aliphatic heterocycles. The van der Waals surface area contributed by atoms with Crippen molar-refractivity contribution >= 4 is 5.69 Å². The number of hydrogen-bond acceptors (Lipinski definition) is 4. The van der Waals surface area contributed by atoms with Gasteiger partial charge in [-0.3, -0.25) is 0 Å². The average Bonchev–Trinajstić information content (AvgIpc) is 3.06. The third-order valence-electron chi connectivity index (χ3n) is 4.07. The van der Waals surface area contributed by atoms with Crippen LogP contribution in [-0.2, 0) is 13.2 Å². The van der Waals surface area contributed by atoms with Crippen molar-refractivity contribution in [2.45, 2.75) is 32.4 Å². The number of aliphatic hydroxyl groups excluding tert-OH is 1. The summed E-state index contributed by atoms with van der Waals surface area (Å²) in [7, 11) is 1.60. The quantitative estimate of drug-likeness (QED) is 0.853. The van der Waals surface area contributed by atoms with Gasteiger partial charge in [0.2, 0.25) is 0 Å². The smallest absolute Gasteiger partial charge is 0.124 e. The molecule has 4 heteroatoms. The van der Waals surface area contributed by atoms with Crippen molar-refractivity contribution in [2.24, 2.45) is 5.92 Å². The number of ether oxygens (including phenoxy) is 1. The number of nitrogens with one attached hydrogen (secondary N) is 1. The minimum Gasteiger partial charge on any atom is -0.496 e. The molecule has 3 rings (SSSR count). The fraction of sp³-hybridized carbons (Fsp3) is 0.412. The highest BCUT2D eigenvalue weighted by atomic mass is 16.5. The topological polar surface area (TPSA) is 54.6 Å². The van der Waals surface area contributed by atoms with Crippen molar-refractivity contribution < 1.29 is 14.3 Å². The van der Waals surface area contributed by atoms with Gasteiger partial charge in [-0.1, -0.05) is 6.92 Å². The summed E-state index contributed by atoms with van der Waals surface area (Å²) in [5.41, 5.74) is 1.71. The van der Waals surface area contributed by atoms with Gasteiger partial charge in [0, 0.05) is 17.2 Å². The van der Waals surface area contributed by atoms with E-state index in [4.69, 9.17) is 9.15 Å². The van der Waals surface area contributed by atoms with Crippen LogP contribution in [0.5, 0.6) is 5.75 Å². The van der Waals surface area contributed by atoms with E-state index in [9.17, 15) is 5.11 Å². The molecule has 0 bridgehead atoms. The van der Waals surface area contributed by atoms with Crippen LogP contribution in [0.3, 0.4) is 0 Å². The highest BCUT2D eigenvalue weighted by Gasteiger charge is 2.36. The molecule has 1 aliphatic rings. The summed E-state index contributed by atoms with van der Waals surface area (Å²) in [6, 6.07) is 9.80. The molecular weight excluding hydrogens is 266 g/mol. The third-order valence-corrected chi connectivity index (χ3v) is 4.07. The van der Waals surface area contributed by atoms with E-state index in [0.717, 1.165) is 28.7 Å². The van der Waals surface area contributed by atoms with Gasteiger partial charge in [-0.15, -0.1) is 0 Å². The number of benzene rings is 1. The van der Waals surface area contributed by atoms with E-state index >= 15 is 0 Å². The van der Waals surface area contributed by atoms with Gasteiger partial charge >= 0.3 is 0 Å². The molecule has 1 aliphatic carbocycles. The van der Waals surface area contributed by atoms with E-state index in [1.807, 2.05) is 24.3 Å². The summed E-state index contributed by atoms with van der Waals surface area (Å²) in [4.78, 5) is 0. The summed E-state index contributed by atoms with van der Waals surface area (Å²) in [5.74, 6) is 4.10. The number of rotatable bonds is 6. The van der Waals surface area contributed by atoms with Crippen LogP contribution in [0.15, 0.2) is 34.7 Å². The maximum Gasteiger partial charge on any atom is 0.124 e. The van der Waals surface area contributed by atoms with Gasteiger partial charge < -0.3 is 19.6 Å². The summed E-state index contributed by atoms with van der Waals surface area (Å²) in [6.07, 6.45) is 1.23. The van der Waals surface area contributed by atoms with Crippen LogP contribution in [0.1, 0.15) is 36.3 Å². The van der Waals surface area contributed by atoms with Crippen molar-refractivity contribution in [3.63, 3.8) is 0 Å². The number of furan rings is 1. The Bertz CT molecular complexity index is 620. The zero-order valence-corrected chi connectivity index (χ0v) is 12.4. The van der Waals surface area contributed by atoms with E-state index in [1.165, 1.54) is 6.42 Å². The molecule has 2 unspecified atom stereocenters. The van der Waals surface area contributed by atoms with Crippen LogP contribution < -0.4 is 10.1 Å². The molecule has 0 spiro atoms. The fourth-order valence-corrected chi connectivity index (χ4v) is 2.61. The monoisotopic (exact) mass is 287 g/mol. The average molecular weight is 287 g/mol. The van der Waals surface area contributed by atoms with E-state index in [2.05, 4.69) is 18.3 Å². The van der Waals surface area contributed by atoms with Crippen LogP contribution in [0.25, 0.3) is 0 Å². The lowest BCUT2D eigenvalue weighted by Gasteiger charge is -2.10. The van der Waals surface area contributed by atoms with Gasteiger partial charge in [-0.05, 0) is 42.7 Å². The lowest BCUT2D eigenvalue weighted by molar-refractivity contribution is 0.274. The zero-order chi connectivity index (χ0) is 14.8. The largest absolute Gasteiger partial charge is 0.496 e. The predicted octanol–water partition coefficient (Wildman–Crippen LogP) is 3.52. The Morgan fingerprint density at radius 1 is 1.33 bits per heavy atom. The van der Waals surface area contributed by atoms with Gasteiger partial charge in [0.15, 0.2) is 0 Å². The second-order valence-corrected chi connectivity index (χ2v) is 5.66. The second-order valence-electron chi connectivity index (χ2n) is 5.66. The maximum atomic E-state index is 9.33. The van der Waals surface area contributed by atoms with Crippen molar-refractivity contribution in [3.8, 4) is 5.75 Å². The Morgan fingerprint density at radius 2 is 2.14 bits per heavy atom. The lowest BCUT2D eigenvalue weighted by atomic mass is 10.2.